The summed E-state index contributed by atoms with van der Waals surface area (Å²) in [7, 11) is 0. The first-order valence-electron chi connectivity index (χ1n) is 6.98. The molecule has 0 saturated heterocycles. The Labute approximate surface area is 123 Å². The lowest BCUT2D eigenvalue weighted by molar-refractivity contribution is 0.157. The van der Waals surface area contributed by atoms with Gasteiger partial charge in [-0.2, -0.15) is 0 Å². The Bertz CT molecular complexity index is 836. The highest BCUT2D eigenvalue weighted by atomic mass is 16.3. The van der Waals surface area contributed by atoms with Gasteiger partial charge in [0.25, 0.3) is 0 Å². The third-order valence-corrected chi connectivity index (χ3v) is 3.80. The van der Waals surface area contributed by atoms with E-state index in [9.17, 15) is 9.90 Å². The second-order valence-electron chi connectivity index (χ2n) is 5.22. The Morgan fingerprint density at radius 1 is 1.05 bits per heavy atom. The largest absolute Gasteiger partial charge is 0.387 e. The minimum absolute atomic E-state index is 0.00670. The molecule has 1 heterocycles. The summed E-state index contributed by atoms with van der Waals surface area (Å²) in [5.74, 6) is 0. The van der Waals surface area contributed by atoms with E-state index < -0.39 is 6.10 Å². The van der Waals surface area contributed by atoms with Gasteiger partial charge in [0, 0.05) is 17.6 Å². The summed E-state index contributed by atoms with van der Waals surface area (Å²) >= 11 is 0. The quantitative estimate of drug-likeness (QED) is 0.800. The number of hydrogen-bond acceptors (Lipinski definition) is 2. The van der Waals surface area contributed by atoms with Crippen LogP contribution in [0.4, 0.5) is 0 Å². The average molecular weight is 279 g/mol. The smallest absolute Gasteiger partial charge is 0.189 e. The summed E-state index contributed by atoms with van der Waals surface area (Å²) < 4.78 is 1.92. The number of pyridine rings is 1. The molecule has 1 atom stereocenters. The first-order valence-corrected chi connectivity index (χ1v) is 6.98. The zero-order valence-electron chi connectivity index (χ0n) is 11.9. The van der Waals surface area contributed by atoms with E-state index in [1.807, 2.05) is 60.0 Å². The van der Waals surface area contributed by atoms with Gasteiger partial charge in [-0.1, -0.05) is 36.4 Å². The molecule has 0 amide bonds. The highest BCUT2D eigenvalue weighted by Crippen LogP contribution is 2.20. The van der Waals surface area contributed by atoms with Gasteiger partial charge in [0.15, 0.2) is 5.43 Å². The standard InChI is InChI=1S/C18H17NO2/c1-13-6-2-3-7-14(13)18(21)12-19-11-10-17(20)15-8-4-5-9-16(15)19/h2-11,18,21H,12H2,1H3. The molecule has 106 valence electrons. The number of para-hydroxylation sites is 1. The van der Waals surface area contributed by atoms with Crippen LogP contribution < -0.4 is 5.43 Å². The van der Waals surface area contributed by atoms with Crippen molar-refractivity contribution in [1.29, 1.82) is 0 Å². The number of aliphatic hydroxyl groups is 1. The third-order valence-electron chi connectivity index (χ3n) is 3.80. The molecule has 3 heteroatoms. The summed E-state index contributed by atoms with van der Waals surface area (Å²) in [6, 6.07) is 16.8. The van der Waals surface area contributed by atoms with Crippen LogP contribution in [0.2, 0.25) is 0 Å². The molecular weight excluding hydrogens is 262 g/mol. The van der Waals surface area contributed by atoms with Crippen LogP contribution in [-0.4, -0.2) is 9.67 Å². The van der Waals surface area contributed by atoms with Crippen molar-refractivity contribution in [2.24, 2.45) is 0 Å². The van der Waals surface area contributed by atoms with Gasteiger partial charge in [-0.15, -0.1) is 0 Å². The van der Waals surface area contributed by atoms with Crippen molar-refractivity contribution in [1.82, 2.24) is 4.57 Å². The van der Waals surface area contributed by atoms with Crippen LogP contribution in [0.3, 0.4) is 0 Å². The van der Waals surface area contributed by atoms with E-state index in [1.165, 1.54) is 0 Å². The van der Waals surface area contributed by atoms with Gasteiger partial charge in [0.05, 0.1) is 18.2 Å². The number of aromatic nitrogens is 1. The molecule has 0 fully saturated rings. The van der Waals surface area contributed by atoms with E-state index in [0.29, 0.717) is 11.9 Å². The summed E-state index contributed by atoms with van der Waals surface area (Å²) in [5.41, 5.74) is 2.83. The Morgan fingerprint density at radius 3 is 2.57 bits per heavy atom. The Balaban J connectivity index is 2.01. The van der Waals surface area contributed by atoms with Crippen LogP contribution in [0.15, 0.2) is 65.6 Å². The zero-order valence-corrected chi connectivity index (χ0v) is 11.9. The molecule has 3 aromatic rings. The molecule has 1 N–H and O–H groups in total. The van der Waals surface area contributed by atoms with Crippen LogP contribution in [0.1, 0.15) is 17.2 Å². The molecule has 0 radical (unpaired) electrons. The third kappa shape index (κ3) is 2.60. The number of aryl methyl sites for hydroxylation is 1. The Kier molecular flexibility index (Phi) is 3.59. The lowest BCUT2D eigenvalue weighted by Crippen LogP contribution is -2.13. The van der Waals surface area contributed by atoms with Crippen LogP contribution in [0.25, 0.3) is 10.9 Å². The van der Waals surface area contributed by atoms with Crippen molar-refractivity contribution in [2.45, 2.75) is 19.6 Å². The highest BCUT2D eigenvalue weighted by molar-refractivity contribution is 5.78. The monoisotopic (exact) mass is 279 g/mol. The van der Waals surface area contributed by atoms with Gasteiger partial charge in [-0.05, 0) is 30.2 Å². The first kappa shape index (κ1) is 13.6. The summed E-state index contributed by atoms with van der Waals surface area (Å²) in [4.78, 5) is 11.9. The maximum atomic E-state index is 11.9. The second kappa shape index (κ2) is 5.54. The molecule has 0 aliphatic rings. The number of fused-ring (bicyclic) bond motifs is 1. The van der Waals surface area contributed by atoms with E-state index in [-0.39, 0.29) is 5.43 Å². The summed E-state index contributed by atoms with van der Waals surface area (Å²) in [6.07, 6.45) is 1.14. The lowest BCUT2D eigenvalue weighted by Gasteiger charge is -2.17. The van der Waals surface area contributed by atoms with Gasteiger partial charge in [-0.25, -0.2) is 0 Å². The molecule has 0 aliphatic heterocycles. The molecule has 0 saturated carbocycles. The fraction of sp³-hybridized carbons (Fsp3) is 0.167. The van der Waals surface area contributed by atoms with Crippen LogP contribution in [0, 0.1) is 6.92 Å². The predicted octanol–water partition coefficient (Wildman–Crippen LogP) is 3.04. The minimum atomic E-state index is -0.600. The van der Waals surface area contributed by atoms with Crippen molar-refractivity contribution in [2.75, 3.05) is 0 Å². The number of rotatable bonds is 3. The molecule has 21 heavy (non-hydrogen) atoms. The van der Waals surface area contributed by atoms with Crippen LogP contribution in [-0.2, 0) is 6.54 Å². The van der Waals surface area contributed by atoms with Crippen molar-refractivity contribution in [3.05, 3.63) is 82.1 Å². The van der Waals surface area contributed by atoms with Gasteiger partial charge in [-0.3, -0.25) is 4.79 Å². The van der Waals surface area contributed by atoms with Crippen molar-refractivity contribution >= 4 is 10.9 Å². The number of nitrogens with zero attached hydrogens (tertiary/aromatic N) is 1. The van der Waals surface area contributed by atoms with Gasteiger partial charge < -0.3 is 9.67 Å². The van der Waals surface area contributed by atoms with Crippen molar-refractivity contribution < 1.29 is 5.11 Å². The van der Waals surface area contributed by atoms with E-state index in [2.05, 4.69) is 0 Å². The Morgan fingerprint density at radius 2 is 1.76 bits per heavy atom. The predicted molar refractivity (Wildman–Crippen MR) is 84.3 cm³/mol. The molecule has 1 aromatic heterocycles. The highest BCUT2D eigenvalue weighted by Gasteiger charge is 2.11. The lowest BCUT2D eigenvalue weighted by atomic mass is 10.0. The van der Waals surface area contributed by atoms with Crippen LogP contribution in [0.5, 0.6) is 0 Å². The molecule has 0 bridgehead atoms. The second-order valence-corrected chi connectivity index (χ2v) is 5.22. The Hall–Kier alpha value is -2.39. The summed E-state index contributed by atoms with van der Waals surface area (Å²) in [5, 5.41) is 11.2. The fourth-order valence-electron chi connectivity index (χ4n) is 2.66. The van der Waals surface area contributed by atoms with Gasteiger partial charge >= 0.3 is 0 Å². The number of hydrogen-bond donors (Lipinski definition) is 1. The maximum Gasteiger partial charge on any atom is 0.189 e. The van der Waals surface area contributed by atoms with E-state index in [0.717, 1.165) is 16.6 Å². The molecule has 2 aromatic carbocycles. The zero-order chi connectivity index (χ0) is 14.8. The average Bonchev–Trinajstić information content (AvgIpc) is 2.51. The van der Waals surface area contributed by atoms with Crippen molar-refractivity contribution in [3.63, 3.8) is 0 Å². The molecular formula is C18H17NO2. The normalized spacial score (nSPS) is 12.5. The van der Waals surface area contributed by atoms with E-state index >= 15 is 0 Å². The van der Waals surface area contributed by atoms with Crippen LogP contribution >= 0.6 is 0 Å². The van der Waals surface area contributed by atoms with Gasteiger partial charge in [0.1, 0.15) is 0 Å². The topological polar surface area (TPSA) is 42.2 Å². The molecule has 0 aliphatic carbocycles. The maximum absolute atomic E-state index is 11.9. The van der Waals surface area contributed by atoms with Gasteiger partial charge in [0.2, 0.25) is 0 Å². The van der Waals surface area contributed by atoms with E-state index in [4.69, 9.17) is 0 Å². The number of benzene rings is 2. The fourth-order valence-corrected chi connectivity index (χ4v) is 2.66. The molecule has 1 unspecified atom stereocenters. The summed E-state index contributed by atoms with van der Waals surface area (Å²) in [6.45, 7) is 2.41. The molecule has 3 rings (SSSR count). The number of aliphatic hydroxyl groups excluding tert-OH is 1. The molecule has 0 spiro atoms. The van der Waals surface area contributed by atoms with Crippen molar-refractivity contribution in [3.8, 4) is 0 Å². The SMILES string of the molecule is Cc1ccccc1C(O)Cn1ccc(=O)c2ccccc21. The van der Waals surface area contributed by atoms with E-state index in [1.54, 1.807) is 12.3 Å². The first-order chi connectivity index (χ1) is 10.2. The molecule has 3 nitrogen and oxygen atoms in total. The minimum Gasteiger partial charge on any atom is -0.387 e.